The monoisotopic (exact) mass is 206 g/mol. The van der Waals surface area contributed by atoms with E-state index in [1.807, 2.05) is 0 Å². The predicted octanol–water partition coefficient (Wildman–Crippen LogP) is 0.290. The zero-order chi connectivity index (χ0) is 10.8. The first kappa shape index (κ1) is 10.9. The van der Waals surface area contributed by atoms with Gasteiger partial charge in [0.1, 0.15) is 0 Å². The van der Waals surface area contributed by atoms with Gasteiger partial charge in [0, 0.05) is 19.6 Å². The minimum Gasteiger partial charge on any atom is -0.478 e. The fraction of sp³-hybridized carbons (Fsp3) is 0.750. The number of hydrogen-bond donors (Lipinski definition) is 2. The third-order valence-corrected chi connectivity index (χ3v) is 2.27. The van der Waals surface area contributed by atoms with Crippen molar-refractivity contribution in [2.24, 2.45) is 5.92 Å². The number of carboxylic acid groups (broad SMARTS) is 2. The minimum absolute atomic E-state index is 0.228. The average molecular weight is 206 g/mol. The van der Waals surface area contributed by atoms with Crippen molar-refractivity contribution in [2.75, 3.05) is 13.2 Å². The summed E-state index contributed by atoms with van der Waals surface area (Å²) in [6.45, 7) is 0.659. The van der Waals surface area contributed by atoms with Crippen LogP contribution in [0.4, 0.5) is 4.39 Å². The van der Waals surface area contributed by atoms with Crippen LogP contribution >= 0.6 is 0 Å². The van der Waals surface area contributed by atoms with Crippen molar-refractivity contribution in [1.29, 1.82) is 0 Å². The van der Waals surface area contributed by atoms with Crippen molar-refractivity contribution >= 4 is 11.9 Å². The van der Waals surface area contributed by atoms with E-state index in [1.54, 1.807) is 0 Å². The molecular weight excluding hydrogens is 195 g/mol. The summed E-state index contributed by atoms with van der Waals surface area (Å²) in [5, 5.41) is 16.9. The summed E-state index contributed by atoms with van der Waals surface area (Å²) >= 11 is 0. The highest BCUT2D eigenvalue weighted by Gasteiger charge is 2.49. The SMILES string of the molecule is O=C(O)C(F)(CC1CCOC1)C(=O)O. The Bertz CT molecular complexity index is 232. The lowest BCUT2D eigenvalue weighted by Crippen LogP contribution is -2.44. The average Bonchev–Trinajstić information content (AvgIpc) is 2.55. The standard InChI is InChI=1S/C8H11FO5/c9-8(6(10)11,7(12)13)3-5-1-2-14-4-5/h5H,1-4H2,(H,10,11)(H,12,13). The van der Waals surface area contributed by atoms with Crippen molar-refractivity contribution in [3.05, 3.63) is 0 Å². The number of rotatable bonds is 4. The summed E-state index contributed by atoms with van der Waals surface area (Å²) in [4.78, 5) is 20.9. The fourth-order valence-electron chi connectivity index (χ4n) is 1.41. The molecule has 0 aromatic carbocycles. The van der Waals surface area contributed by atoms with Crippen molar-refractivity contribution in [3.63, 3.8) is 0 Å². The van der Waals surface area contributed by atoms with Crippen LogP contribution in [-0.2, 0) is 14.3 Å². The maximum absolute atomic E-state index is 13.4. The molecule has 0 aliphatic carbocycles. The van der Waals surface area contributed by atoms with Gasteiger partial charge in [0.15, 0.2) is 0 Å². The molecule has 1 fully saturated rings. The van der Waals surface area contributed by atoms with E-state index < -0.39 is 24.0 Å². The molecule has 0 radical (unpaired) electrons. The summed E-state index contributed by atoms with van der Waals surface area (Å²) in [7, 11) is 0. The van der Waals surface area contributed by atoms with Gasteiger partial charge in [-0.3, -0.25) is 0 Å². The highest BCUT2D eigenvalue weighted by Crippen LogP contribution is 2.27. The lowest BCUT2D eigenvalue weighted by molar-refractivity contribution is -0.168. The Morgan fingerprint density at radius 2 is 2.00 bits per heavy atom. The number of ether oxygens (including phenoxy) is 1. The van der Waals surface area contributed by atoms with Gasteiger partial charge in [-0.1, -0.05) is 0 Å². The number of carbonyl (C=O) groups is 2. The predicted molar refractivity (Wildman–Crippen MR) is 42.7 cm³/mol. The molecular formula is C8H11FO5. The molecule has 80 valence electrons. The third kappa shape index (κ3) is 2.01. The zero-order valence-corrected chi connectivity index (χ0v) is 7.40. The van der Waals surface area contributed by atoms with Crippen LogP contribution in [0.1, 0.15) is 12.8 Å². The number of hydrogen-bond acceptors (Lipinski definition) is 3. The van der Waals surface area contributed by atoms with Crippen molar-refractivity contribution < 1.29 is 28.9 Å². The van der Waals surface area contributed by atoms with Crippen LogP contribution < -0.4 is 0 Å². The summed E-state index contributed by atoms with van der Waals surface area (Å²) in [6.07, 6.45) is -0.0239. The second-order valence-corrected chi connectivity index (χ2v) is 3.35. The highest BCUT2D eigenvalue weighted by molar-refractivity contribution is 6.01. The Labute approximate surface area is 79.5 Å². The fourth-order valence-corrected chi connectivity index (χ4v) is 1.41. The van der Waals surface area contributed by atoms with Crippen LogP contribution in [0.2, 0.25) is 0 Å². The van der Waals surface area contributed by atoms with Gasteiger partial charge >= 0.3 is 17.6 Å². The van der Waals surface area contributed by atoms with E-state index in [0.717, 1.165) is 0 Å². The normalized spacial score (nSPS) is 22.2. The number of aliphatic carboxylic acids is 2. The molecule has 0 saturated carbocycles. The van der Waals surface area contributed by atoms with Gasteiger partial charge in [0.2, 0.25) is 0 Å². The molecule has 1 aliphatic rings. The Morgan fingerprint density at radius 1 is 1.43 bits per heavy atom. The molecule has 1 atom stereocenters. The molecule has 0 spiro atoms. The van der Waals surface area contributed by atoms with Gasteiger partial charge in [-0.2, -0.15) is 0 Å². The molecule has 0 bridgehead atoms. The van der Waals surface area contributed by atoms with E-state index in [9.17, 15) is 14.0 Å². The Morgan fingerprint density at radius 3 is 2.36 bits per heavy atom. The molecule has 0 amide bonds. The summed E-state index contributed by atoms with van der Waals surface area (Å²) in [5.41, 5.74) is -3.18. The Balaban J connectivity index is 2.68. The van der Waals surface area contributed by atoms with Crippen molar-refractivity contribution in [2.45, 2.75) is 18.5 Å². The number of carboxylic acids is 2. The summed E-state index contributed by atoms with van der Waals surface area (Å²) in [5.74, 6) is -4.22. The zero-order valence-electron chi connectivity index (χ0n) is 7.40. The number of alkyl halides is 1. The topological polar surface area (TPSA) is 83.8 Å². The maximum Gasteiger partial charge on any atom is 0.353 e. The molecule has 0 aromatic heterocycles. The third-order valence-electron chi connectivity index (χ3n) is 2.27. The molecule has 2 N–H and O–H groups in total. The second-order valence-electron chi connectivity index (χ2n) is 3.35. The number of halogens is 1. The maximum atomic E-state index is 13.4. The molecule has 14 heavy (non-hydrogen) atoms. The molecule has 1 heterocycles. The smallest absolute Gasteiger partial charge is 0.353 e. The summed E-state index contributed by atoms with van der Waals surface area (Å²) in [6, 6.07) is 0. The van der Waals surface area contributed by atoms with Crippen LogP contribution in [-0.4, -0.2) is 41.0 Å². The lowest BCUT2D eigenvalue weighted by Gasteiger charge is -2.18. The lowest BCUT2D eigenvalue weighted by atomic mass is 9.91. The van der Waals surface area contributed by atoms with Crippen LogP contribution in [0.3, 0.4) is 0 Å². The largest absolute Gasteiger partial charge is 0.478 e. The first-order valence-corrected chi connectivity index (χ1v) is 4.20. The van der Waals surface area contributed by atoms with E-state index in [1.165, 1.54) is 0 Å². The van der Waals surface area contributed by atoms with Crippen LogP contribution in [0.15, 0.2) is 0 Å². The van der Waals surface area contributed by atoms with Gasteiger partial charge in [-0.15, -0.1) is 0 Å². The Kier molecular flexibility index (Phi) is 3.05. The molecule has 0 aromatic rings. The van der Waals surface area contributed by atoms with Crippen molar-refractivity contribution in [1.82, 2.24) is 0 Å². The quantitative estimate of drug-likeness (QED) is 0.646. The molecule has 1 aliphatic heterocycles. The Hall–Kier alpha value is -1.17. The van der Waals surface area contributed by atoms with Gasteiger partial charge in [-0.25, -0.2) is 14.0 Å². The first-order chi connectivity index (χ1) is 6.47. The first-order valence-electron chi connectivity index (χ1n) is 4.20. The molecule has 6 heteroatoms. The van der Waals surface area contributed by atoms with Gasteiger partial charge in [0.25, 0.3) is 0 Å². The van der Waals surface area contributed by atoms with Gasteiger partial charge < -0.3 is 14.9 Å². The van der Waals surface area contributed by atoms with E-state index >= 15 is 0 Å². The minimum atomic E-state index is -3.18. The van der Waals surface area contributed by atoms with Gasteiger partial charge in [0.05, 0.1) is 0 Å². The van der Waals surface area contributed by atoms with E-state index in [4.69, 9.17) is 14.9 Å². The van der Waals surface area contributed by atoms with E-state index in [2.05, 4.69) is 0 Å². The van der Waals surface area contributed by atoms with Gasteiger partial charge in [-0.05, 0) is 12.3 Å². The van der Waals surface area contributed by atoms with Crippen LogP contribution in [0.5, 0.6) is 0 Å². The van der Waals surface area contributed by atoms with E-state index in [0.29, 0.717) is 13.0 Å². The van der Waals surface area contributed by atoms with Crippen LogP contribution in [0, 0.1) is 5.92 Å². The van der Waals surface area contributed by atoms with E-state index in [-0.39, 0.29) is 12.5 Å². The molecule has 1 rings (SSSR count). The molecule has 5 nitrogen and oxygen atoms in total. The second kappa shape index (κ2) is 3.91. The summed E-state index contributed by atoms with van der Waals surface area (Å²) < 4.78 is 18.3. The van der Waals surface area contributed by atoms with Crippen LogP contribution in [0.25, 0.3) is 0 Å². The molecule has 1 saturated heterocycles. The van der Waals surface area contributed by atoms with Crippen molar-refractivity contribution in [3.8, 4) is 0 Å². The molecule has 1 unspecified atom stereocenters. The highest BCUT2D eigenvalue weighted by atomic mass is 19.1.